The molecule has 0 bridgehead atoms. The molecule has 1 aromatic heterocycles. The van der Waals surface area contributed by atoms with Gasteiger partial charge < -0.3 is 14.6 Å². The summed E-state index contributed by atoms with van der Waals surface area (Å²) in [6, 6.07) is 8.20. The number of rotatable bonds is 4. The Morgan fingerprint density at radius 3 is 2.69 bits per heavy atom. The number of fused-ring (bicyclic) bond motifs is 1. The Morgan fingerprint density at radius 1 is 1.25 bits per heavy atom. The van der Waals surface area contributed by atoms with E-state index in [2.05, 4.69) is 36.4 Å². The molecule has 3 nitrogen and oxygen atoms in total. The van der Waals surface area contributed by atoms with E-state index < -0.39 is 0 Å². The summed E-state index contributed by atoms with van der Waals surface area (Å²) >= 11 is 0. The Kier molecular flexibility index (Phi) is 3.27. The van der Waals surface area contributed by atoms with Crippen LogP contribution in [0.4, 0.5) is 0 Å². The quantitative estimate of drug-likeness (QED) is 0.853. The lowest BCUT2D eigenvalue weighted by Gasteiger charge is -2.08. The minimum atomic E-state index is 0.839. The van der Waals surface area contributed by atoms with Crippen LogP contribution in [0.5, 0.6) is 0 Å². The maximum Gasteiger partial charge on any atom is 0.134 e. The van der Waals surface area contributed by atoms with Gasteiger partial charge in [-0.1, -0.05) is 18.2 Å². The van der Waals surface area contributed by atoms with Crippen molar-refractivity contribution < 1.29 is 4.42 Å². The fraction of sp³-hybridized carbons (Fsp3) is 0.385. The monoisotopic (exact) mass is 218 g/mol. The van der Waals surface area contributed by atoms with E-state index in [1.165, 1.54) is 10.9 Å². The highest BCUT2D eigenvalue weighted by Crippen LogP contribution is 2.26. The molecule has 0 fully saturated rings. The average molecular weight is 218 g/mol. The highest BCUT2D eigenvalue weighted by atomic mass is 16.3. The lowest BCUT2D eigenvalue weighted by molar-refractivity contribution is 0.355. The van der Waals surface area contributed by atoms with Crippen LogP contribution in [0.25, 0.3) is 11.0 Å². The summed E-state index contributed by atoms with van der Waals surface area (Å²) in [5, 5.41) is 4.41. The molecule has 0 unspecified atom stereocenters. The first-order valence-corrected chi connectivity index (χ1v) is 5.51. The molecule has 1 N–H and O–H groups in total. The van der Waals surface area contributed by atoms with Crippen molar-refractivity contribution in [3.8, 4) is 0 Å². The maximum atomic E-state index is 5.88. The molecule has 3 heteroatoms. The van der Waals surface area contributed by atoms with Gasteiger partial charge in [0.1, 0.15) is 11.3 Å². The molecule has 0 saturated carbocycles. The Bertz CT molecular complexity index is 474. The fourth-order valence-electron chi connectivity index (χ4n) is 1.93. The maximum absolute atomic E-state index is 5.88. The number of nitrogens with one attached hydrogen (secondary N) is 1. The first kappa shape index (κ1) is 11.2. The molecule has 16 heavy (non-hydrogen) atoms. The Morgan fingerprint density at radius 2 is 2.00 bits per heavy atom. The third-order valence-electron chi connectivity index (χ3n) is 2.60. The van der Waals surface area contributed by atoms with Crippen LogP contribution in [-0.4, -0.2) is 26.0 Å². The molecule has 0 saturated heterocycles. The minimum absolute atomic E-state index is 0.839. The van der Waals surface area contributed by atoms with E-state index in [-0.39, 0.29) is 0 Å². The molecule has 0 atom stereocenters. The average Bonchev–Trinajstić information content (AvgIpc) is 2.57. The van der Waals surface area contributed by atoms with Gasteiger partial charge in [0, 0.05) is 17.5 Å². The molecule has 0 radical (unpaired) electrons. The van der Waals surface area contributed by atoms with Crippen molar-refractivity contribution in [2.24, 2.45) is 0 Å². The lowest BCUT2D eigenvalue weighted by Crippen LogP contribution is -2.13. The Labute approximate surface area is 96.0 Å². The molecule has 1 heterocycles. The second-order valence-corrected chi connectivity index (χ2v) is 4.27. The van der Waals surface area contributed by atoms with Gasteiger partial charge in [0.25, 0.3) is 0 Å². The van der Waals surface area contributed by atoms with Crippen LogP contribution in [0.15, 0.2) is 28.7 Å². The number of para-hydroxylation sites is 1. The second kappa shape index (κ2) is 4.68. The number of furan rings is 1. The number of nitrogens with zero attached hydrogens (tertiary/aromatic N) is 1. The van der Waals surface area contributed by atoms with Gasteiger partial charge in [-0.2, -0.15) is 0 Å². The van der Waals surface area contributed by atoms with Gasteiger partial charge in [-0.3, -0.25) is 0 Å². The lowest BCUT2D eigenvalue weighted by atomic mass is 10.1. The first-order valence-electron chi connectivity index (χ1n) is 5.51. The summed E-state index contributed by atoms with van der Waals surface area (Å²) in [7, 11) is 6.06. The molecule has 0 aliphatic rings. The van der Waals surface area contributed by atoms with Gasteiger partial charge >= 0.3 is 0 Å². The van der Waals surface area contributed by atoms with Gasteiger partial charge in [0.15, 0.2) is 0 Å². The molecule has 2 aromatic rings. The molecular formula is C13H18N2O. The van der Waals surface area contributed by atoms with E-state index in [0.29, 0.717) is 0 Å². The Hall–Kier alpha value is -1.32. The number of hydrogen-bond donors (Lipinski definition) is 1. The predicted octanol–water partition coefficient (Wildman–Crippen LogP) is 2.21. The normalized spacial score (nSPS) is 11.5. The van der Waals surface area contributed by atoms with Crippen molar-refractivity contribution in [3.05, 3.63) is 35.6 Å². The third-order valence-corrected chi connectivity index (χ3v) is 2.60. The molecule has 0 spiro atoms. The Balaban J connectivity index is 2.49. The summed E-state index contributed by atoms with van der Waals surface area (Å²) in [4.78, 5) is 2.12. The second-order valence-electron chi connectivity index (χ2n) is 4.27. The van der Waals surface area contributed by atoms with E-state index in [9.17, 15) is 0 Å². The van der Waals surface area contributed by atoms with Crippen LogP contribution in [0.2, 0.25) is 0 Å². The largest absolute Gasteiger partial charge is 0.459 e. The summed E-state index contributed by atoms with van der Waals surface area (Å²) in [6.45, 7) is 1.69. The van der Waals surface area contributed by atoms with Crippen molar-refractivity contribution in [3.63, 3.8) is 0 Å². The van der Waals surface area contributed by atoms with Crippen LogP contribution in [0.3, 0.4) is 0 Å². The minimum Gasteiger partial charge on any atom is -0.459 e. The zero-order valence-corrected chi connectivity index (χ0v) is 10.1. The van der Waals surface area contributed by atoms with Crippen LogP contribution in [-0.2, 0) is 13.1 Å². The number of hydrogen-bond acceptors (Lipinski definition) is 3. The van der Waals surface area contributed by atoms with Gasteiger partial charge in [0.2, 0.25) is 0 Å². The van der Waals surface area contributed by atoms with Gasteiger partial charge in [-0.25, -0.2) is 0 Å². The smallest absolute Gasteiger partial charge is 0.134 e. The first-order chi connectivity index (χ1) is 7.72. The molecule has 0 aliphatic carbocycles. The number of benzene rings is 1. The van der Waals surface area contributed by atoms with Crippen LogP contribution < -0.4 is 5.32 Å². The van der Waals surface area contributed by atoms with Crippen molar-refractivity contribution >= 4 is 11.0 Å². The van der Waals surface area contributed by atoms with Crippen molar-refractivity contribution in [2.45, 2.75) is 13.1 Å². The van der Waals surface area contributed by atoms with Crippen LogP contribution in [0, 0.1) is 0 Å². The molecule has 2 rings (SSSR count). The van der Waals surface area contributed by atoms with E-state index in [1.807, 2.05) is 19.2 Å². The zero-order valence-electron chi connectivity index (χ0n) is 10.1. The zero-order chi connectivity index (χ0) is 11.5. The van der Waals surface area contributed by atoms with Crippen LogP contribution in [0.1, 0.15) is 11.3 Å². The van der Waals surface area contributed by atoms with Gasteiger partial charge in [0.05, 0.1) is 6.54 Å². The summed E-state index contributed by atoms with van der Waals surface area (Å²) < 4.78 is 5.88. The summed E-state index contributed by atoms with van der Waals surface area (Å²) in [5.74, 6) is 1.06. The van der Waals surface area contributed by atoms with E-state index >= 15 is 0 Å². The highest BCUT2D eigenvalue weighted by Gasteiger charge is 2.13. The van der Waals surface area contributed by atoms with Crippen LogP contribution >= 0.6 is 0 Å². The standard InChI is InChI=1S/C13H18N2O/c1-14-8-11-10-6-4-5-7-12(10)16-13(11)9-15(2)3/h4-7,14H,8-9H2,1-3H3. The molecule has 0 amide bonds. The summed E-state index contributed by atoms with van der Waals surface area (Å²) in [5.41, 5.74) is 2.25. The van der Waals surface area contributed by atoms with E-state index in [4.69, 9.17) is 4.42 Å². The summed E-state index contributed by atoms with van der Waals surface area (Å²) in [6.07, 6.45) is 0. The van der Waals surface area contributed by atoms with Crippen molar-refractivity contribution in [1.29, 1.82) is 0 Å². The molecule has 0 aliphatic heterocycles. The van der Waals surface area contributed by atoms with E-state index in [0.717, 1.165) is 24.4 Å². The fourth-order valence-corrected chi connectivity index (χ4v) is 1.93. The molecule has 1 aromatic carbocycles. The van der Waals surface area contributed by atoms with Gasteiger partial charge in [-0.15, -0.1) is 0 Å². The van der Waals surface area contributed by atoms with E-state index in [1.54, 1.807) is 0 Å². The topological polar surface area (TPSA) is 28.4 Å². The SMILES string of the molecule is CNCc1c(CN(C)C)oc2ccccc12. The predicted molar refractivity (Wildman–Crippen MR) is 66.4 cm³/mol. The third kappa shape index (κ3) is 2.10. The van der Waals surface area contributed by atoms with Gasteiger partial charge in [-0.05, 0) is 27.2 Å². The molecule has 86 valence electrons. The highest BCUT2D eigenvalue weighted by molar-refractivity contribution is 5.82. The van der Waals surface area contributed by atoms with Crippen molar-refractivity contribution in [2.75, 3.05) is 21.1 Å². The molecular weight excluding hydrogens is 200 g/mol. The van der Waals surface area contributed by atoms with Crippen molar-refractivity contribution in [1.82, 2.24) is 10.2 Å².